The Hall–Kier alpha value is -2.53. The van der Waals surface area contributed by atoms with Gasteiger partial charge in [-0.15, -0.1) is 0 Å². The number of ether oxygens (including phenoxy) is 2. The first-order valence-electron chi connectivity index (χ1n) is 9.59. The molecule has 12 heteroatoms. The van der Waals surface area contributed by atoms with Crippen molar-refractivity contribution in [2.24, 2.45) is 0 Å². The van der Waals surface area contributed by atoms with Crippen LogP contribution in [0.1, 0.15) is 11.1 Å². The summed E-state index contributed by atoms with van der Waals surface area (Å²) in [5.74, 6) is 0.414. The third-order valence-corrected chi connectivity index (χ3v) is 7.14. The number of benzene rings is 2. The molecule has 0 aliphatic heterocycles. The zero-order valence-corrected chi connectivity index (χ0v) is 20.5. The maximum absolute atomic E-state index is 13.6. The molecule has 0 aliphatic rings. The van der Waals surface area contributed by atoms with E-state index in [4.69, 9.17) is 32.7 Å². The number of nitrogens with zero attached hydrogens (tertiary/aromatic N) is 2. The van der Waals surface area contributed by atoms with Crippen LogP contribution in [0.15, 0.2) is 53.6 Å². The summed E-state index contributed by atoms with van der Waals surface area (Å²) in [4.78, 5) is 3.69. The highest BCUT2D eigenvalue weighted by Gasteiger charge is 2.36. The molecule has 34 heavy (non-hydrogen) atoms. The molecular formula is C22H19Cl2F3N2O4S. The second-order valence-electron chi connectivity index (χ2n) is 7.08. The lowest BCUT2D eigenvalue weighted by Crippen LogP contribution is -2.33. The first-order valence-corrected chi connectivity index (χ1v) is 11.8. The fourth-order valence-electron chi connectivity index (χ4n) is 3.32. The molecule has 182 valence electrons. The summed E-state index contributed by atoms with van der Waals surface area (Å²) in [5, 5.41) is -0.519. The average Bonchev–Trinajstić information content (AvgIpc) is 2.76. The highest BCUT2D eigenvalue weighted by Crippen LogP contribution is 2.41. The van der Waals surface area contributed by atoms with Crippen LogP contribution in [0.4, 0.5) is 18.9 Å². The molecule has 0 bridgehead atoms. The largest absolute Gasteiger partial charge is 0.496 e. The molecule has 1 heterocycles. The normalized spacial score (nSPS) is 12.0. The molecule has 0 saturated carbocycles. The third kappa shape index (κ3) is 5.10. The van der Waals surface area contributed by atoms with E-state index in [1.54, 1.807) is 25.1 Å². The van der Waals surface area contributed by atoms with Crippen molar-refractivity contribution >= 4 is 38.9 Å². The van der Waals surface area contributed by atoms with Crippen LogP contribution in [0.25, 0.3) is 11.3 Å². The van der Waals surface area contributed by atoms with Gasteiger partial charge in [0.05, 0.1) is 39.0 Å². The first-order chi connectivity index (χ1) is 15.9. The van der Waals surface area contributed by atoms with Gasteiger partial charge in [-0.1, -0.05) is 35.3 Å². The quantitative estimate of drug-likeness (QED) is 0.338. The van der Waals surface area contributed by atoms with Gasteiger partial charge in [0, 0.05) is 18.9 Å². The Morgan fingerprint density at radius 2 is 1.79 bits per heavy atom. The minimum atomic E-state index is -4.86. The minimum Gasteiger partial charge on any atom is -0.496 e. The Morgan fingerprint density at radius 1 is 1.09 bits per heavy atom. The van der Waals surface area contributed by atoms with E-state index in [0.29, 0.717) is 17.4 Å². The Labute approximate surface area is 204 Å². The monoisotopic (exact) mass is 534 g/mol. The third-order valence-electron chi connectivity index (χ3n) is 4.87. The summed E-state index contributed by atoms with van der Waals surface area (Å²) in [6.45, 7) is 1.25. The summed E-state index contributed by atoms with van der Waals surface area (Å²) < 4.78 is 78.7. The van der Waals surface area contributed by atoms with E-state index in [1.165, 1.54) is 26.5 Å². The number of aryl methyl sites for hydroxylation is 1. The summed E-state index contributed by atoms with van der Waals surface area (Å²) in [6, 6.07) is 8.89. The summed E-state index contributed by atoms with van der Waals surface area (Å²) in [7, 11) is -1.89. The van der Waals surface area contributed by atoms with E-state index in [2.05, 4.69) is 4.98 Å². The summed E-state index contributed by atoms with van der Waals surface area (Å²) >= 11 is 11.8. The van der Waals surface area contributed by atoms with Crippen molar-refractivity contribution in [1.29, 1.82) is 0 Å². The van der Waals surface area contributed by atoms with Crippen LogP contribution in [0.2, 0.25) is 10.0 Å². The van der Waals surface area contributed by atoms with Crippen molar-refractivity contribution in [3.05, 3.63) is 69.8 Å². The van der Waals surface area contributed by atoms with Crippen molar-refractivity contribution in [3.8, 4) is 17.0 Å². The number of sulfonamides is 1. The summed E-state index contributed by atoms with van der Waals surface area (Å²) in [5.41, 5.74) is 0.101. The first kappa shape index (κ1) is 26.1. The van der Waals surface area contributed by atoms with Gasteiger partial charge < -0.3 is 9.47 Å². The SMILES string of the molecule is COCN(c1cc(Cl)cnc1-c1c(C)cccc1OC)S(=O)(=O)c1ccc(Cl)c(C(F)(F)F)c1. The van der Waals surface area contributed by atoms with Crippen LogP contribution in [0, 0.1) is 6.92 Å². The molecule has 3 aromatic rings. The van der Waals surface area contributed by atoms with Gasteiger partial charge in [-0.25, -0.2) is 12.7 Å². The molecule has 0 radical (unpaired) electrons. The highest BCUT2D eigenvalue weighted by molar-refractivity contribution is 7.92. The predicted octanol–water partition coefficient (Wildman–Crippen LogP) is 6.19. The van der Waals surface area contributed by atoms with E-state index in [1.807, 2.05) is 0 Å². The second kappa shape index (κ2) is 9.99. The number of hydrogen-bond acceptors (Lipinski definition) is 5. The molecule has 0 unspecified atom stereocenters. The average molecular weight is 535 g/mol. The standard InChI is InChI=1S/C22H19Cl2F3N2O4S/c1-13-5-4-6-19(33-3)20(13)21-18(9-14(23)11-28-21)29(12-32-2)34(30,31)15-7-8-17(24)16(10-15)22(25,26)27/h4-11H,12H2,1-3H3. The Balaban J connectivity index is 2.29. The molecule has 3 rings (SSSR count). The van der Waals surface area contributed by atoms with Crippen molar-refractivity contribution < 1.29 is 31.1 Å². The maximum atomic E-state index is 13.6. The maximum Gasteiger partial charge on any atom is 0.417 e. The lowest BCUT2D eigenvalue weighted by Gasteiger charge is -2.26. The zero-order valence-electron chi connectivity index (χ0n) is 18.2. The zero-order chi connectivity index (χ0) is 25.3. The number of rotatable bonds is 7. The van der Waals surface area contributed by atoms with Crippen LogP contribution in [0.3, 0.4) is 0 Å². The van der Waals surface area contributed by atoms with Crippen molar-refractivity contribution in [3.63, 3.8) is 0 Å². The molecule has 0 spiro atoms. The van der Waals surface area contributed by atoms with Gasteiger partial charge in [-0.05, 0) is 42.8 Å². The van der Waals surface area contributed by atoms with E-state index >= 15 is 0 Å². The van der Waals surface area contributed by atoms with Crippen LogP contribution >= 0.6 is 23.2 Å². The topological polar surface area (TPSA) is 68.7 Å². The number of methoxy groups -OCH3 is 2. The lowest BCUT2D eigenvalue weighted by atomic mass is 10.0. The molecule has 0 aliphatic carbocycles. The van der Waals surface area contributed by atoms with Crippen LogP contribution < -0.4 is 9.04 Å². The molecule has 0 fully saturated rings. The molecule has 2 aromatic carbocycles. The highest BCUT2D eigenvalue weighted by atomic mass is 35.5. The Morgan fingerprint density at radius 3 is 2.41 bits per heavy atom. The van der Waals surface area contributed by atoms with Gasteiger partial charge >= 0.3 is 6.18 Å². The van der Waals surface area contributed by atoms with Crippen molar-refractivity contribution in [1.82, 2.24) is 4.98 Å². The number of hydrogen-bond donors (Lipinski definition) is 0. The van der Waals surface area contributed by atoms with E-state index in [-0.39, 0.29) is 16.4 Å². The molecule has 0 atom stereocenters. The van der Waals surface area contributed by atoms with E-state index in [9.17, 15) is 21.6 Å². The van der Waals surface area contributed by atoms with Gasteiger partial charge in [0.1, 0.15) is 12.5 Å². The predicted molar refractivity (Wildman–Crippen MR) is 124 cm³/mol. The number of anilines is 1. The molecular weight excluding hydrogens is 516 g/mol. The minimum absolute atomic E-state index is 0.00883. The van der Waals surface area contributed by atoms with Gasteiger partial charge in [0.2, 0.25) is 0 Å². The van der Waals surface area contributed by atoms with Crippen LogP contribution in [0.5, 0.6) is 5.75 Å². The second-order valence-corrected chi connectivity index (χ2v) is 9.79. The fraction of sp³-hybridized carbons (Fsp3) is 0.227. The van der Waals surface area contributed by atoms with E-state index < -0.39 is 38.4 Å². The van der Waals surface area contributed by atoms with Gasteiger partial charge in [0.25, 0.3) is 10.0 Å². The van der Waals surface area contributed by atoms with Crippen molar-refractivity contribution in [2.45, 2.75) is 18.0 Å². The lowest BCUT2D eigenvalue weighted by molar-refractivity contribution is -0.137. The molecule has 0 amide bonds. The molecule has 1 aromatic heterocycles. The van der Waals surface area contributed by atoms with Crippen molar-refractivity contribution in [2.75, 3.05) is 25.3 Å². The van der Waals surface area contributed by atoms with Crippen LogP contribution in [-0.4, -0.2) is 34.4 Å². The number of halogens is 5. The number of aromatic nitrogens is 1. The Bertz CT molecular complexity index is 1320. The summed E-state index contributed by atoms with van der Waals surface area (Å²) in [6.07, 6.45) is -3.53. The molecule has 0 N–H and O–H groups in total. The number of pyridine rings is 1. The fourth-order valence-corrected chi connectivity index (χ4v) is 5.10. The smallest absolute Gasteiger partial charge is 0.417 e. The van der Waals surface area contributed by atoms with Gasteiger partial charge in [0.15, 0.2) is 0 Å². The van der Waals surface area contributed by atoms with Crippen LogP contribution in [-0.2, 0) is 20.9 Å². The van der Waals surface area contributed by atoms with E-state index in [0.717, 1.165) is 22.0 Å². The van der Waals surface area contributed by atoms with Gasteiger partial charge in [-0.2, -0.15) is 13.2 Å². The Kier molecular flexibility index (Phi) is 7.66. The molecule has 0 saturated heterocycles. The van der Waals surface area contributed by atoms with Gasteiger partial charge in [-0.3, -0.25) is 4.98 Å². The molecule has 6 nitrogen and oxygen atoms in total. The number of alkyl halides is 3.